The molecule has 2 heterocycles. The second-order valence-corrected chi connectivity index (χ2v) is 6.39. The number of aromatic nitrogens is 3. The molecular weight excluding hydrogens is 270 g/mol. The average molecular weight is 289 g/mol. The van der Waals surface area contributed by atoms with Crippen molar-refractivity contribution in [3.8, 4) is 0 Å². The van der Waals surface area contributed by atoms with Crippen LogP contribution in [-0.2, 0) is 14.8 Å². The maximum absolute atomic E-state index is 10.9. The molecule has 1 aromatic heterocycles. The average Bonchev–Trinajstić information content (AvgIpc) is 2.75. The van der Waals surface area contributed by atoms with E-state index in [1.54, 1.807) is 0 Å². The molecule has 2 rings (SSSR count). The van der Waals surface area contributed by atoms with Gasteiger partial charge in [0, 0.05) is 13.1 Å². The Morgan fingerprint density at radius 3 is 3.00 bits per heavy atom. The van der Waals surface area contributed by atoms with E-state index in [2.05, 4.69) is 20.1 Å². The second kappa shape index (κ2) is 5.95. The Kier molecular flexibility index (Phi) is 4.50. The smallest absolute Gasteiger partial charge is 0.209 e. The van der Waals surface area contributed by atoms with Crippen molar-refractivity contribution in [2.75, 3.05) is 32.0 Å². The number of sulfonamides is 1. The molecule has 1 fully saturated rings. The number of aromatic amines is 1. The van der Waals surface area contributed by atoms with E-state index in [1.165, 1.54) is 0 Å². The quantitative estimate of drug-likeness (QED) is 0.731. The van der Waals surface area contributed by atoms with E-state index in [9.17, 15) is 8.42 Å². The first-order chi connectivity index (χ1) is 8.94. The fourth-order valence-electron chi connectivity index (χ4n) is 2.06. The molecule has 0 amide bonds. The topological polar surface area (TPSA) is 114 Å². The standard InChI is InChI=1S/C10H19N5O3S/c1-8-12-10(14-13-8)9-7-15(4-5-18-9)3-2-6-19(11,16)17/h9H,2-7H2,1H3,(H2,11,16,17)(H,12,13,14)/t9-/m0/s1. The summed E-state index contributed by atoms with van der Waals surface area (Å²) in [5.74, 6) is 1.41. The molecule has 0 radical (unpaired) electrons. The molecule has 0 aromatic carbocycles. The van der Waals surface area contributed by atoms with E-state index < -0.39 is 10.0 Å². The molecule has 108 valence electrons. The lowest BCUT2D eigenvalue weighted by Gasteiger charge is -2.31. The number of morpholine rings is 1. The van der Waals surface area contributed by atoms with E-state index in [0.717, 1.165) is 12.4 Å². The number of H-pyrrole nitrogens is 1. The first kappa shape index (κ1) is 14.4. The molecule has 0 bridgehead atoms. The molecule has 0 unspecified atom stereocenters. The molecule has 1 aliphatic heterocycles. The van der Waals surface area contributed by atoms with Gasteiger partial charge in [0.2, 0.25) is 10.0 Å². The van der Waals surface area contributed by atoms with Crippen LogP contribution in [0.4, 0.5) is 0 Å². The van der Waals surface area contributed by atoms with Crippen LogP contribution in [0.2, 0.25) is 0 Å². The van der Waals surface area contributed by atoms with Gasteiger partial charge in [0.1, 0.15) is 11.9 Å². The SMILES string of the molecule is Cc1nc([C@@H]2CN(CCCS(N)(=O)=O)CCO2)n[nH]1. The molecule has 0 aliphatic carbocycles. The highest BCUT2D eigenvalue weighted by Crippen LogP contribution is 2.18. The number of aryl methyl sites for hydroxylation is 1. The van der Waals surface area contributed by atoms with Gasteiger partial charge in [-0.2, -0.15) is 5.10 Å². The van der Waals surface area contributed by atoms with Crippen molar-refractivity contribution in [2.24, 2.45) is 5.14 Å². The molecule has 9 heteroatoms. The number of rotatable bonds is 5. The van der Waals surface area contributed by atoms with Gasteiger partial charge in [-0.1, -0.05) is 0 Å². The van der Waals surface area contributed by atoms with Crippen LogP contribution < -0.4 is 5.14 Å². The third-order valence-electron chi connectivity index (χ3n) is 2.96. The minimum Gasteiger partial charge on any atom is -0.367 e. The van der Waals surface area contributed by atoms with Crippen LogP contribution in [0.1, 0.15) is 24.2 Å². The predicted molar refractivity (Wildman–Crippen MR) is 68.8 cm³/mol. The molecular formula is C10H19N5O3S. The highest BCUT2D eigenvalue weighted by atomic mass is 32.2. The number of ether oxygens (including phenoxy) is 1. The van der Waals surface area contributed by atoms with Crippen LogP contribution >= 0.6 is 0 Å². The first-order valence-electron chi connectivity index (χ1n) is 6.17. The zero-order chi connectivity index (χ0) is 13.9. The van der Waals surface area contributed by atoms with Crippen LogP contribution in [0.25, 0.3) is 0 Å². The van der Waals surface area contributed by atoms with E-state index in [1.807, 2.05) is 6.92 Å². The van der Waals surface area contributed by atoms with Crippen molar-refractivity contribution in [1.29, 1.82) is 0 Å². The number of nitrogens with two attached hydrogens (primary N) is 1. The van der Waals surface area contributed by atoms with Crippen LogP contribution in [0.15, 0.2) is 0 Å². The Morgan fingerprint density at radius 1 is 1.58 bits per heavy atom. The number of hydrogen-bond acceptors (Lipinski definition) is 6. The van der Waals surface area contributed by atoms with E-state index in [4.69, 9.17) is 9.88 Å². The maximum atomic E-state index is 10.9. The molecule has 0 spiro atoms. The molecule has 1 saturated heterocycles. The summed E-state index contributed by atoms with van der Waals surface area (Å²) < 4.78 is 27.4. The lowest BCUT2D eigenvalue weighted by atomic mass is 10.2. The van der Waals surface area contributed by atoms with E-state index >= 15 is 0 Å². The fourth-order valence-corrected chi connectivity index (χ4v) is 2.59. The molecule has 19 heavy (non-hydrogen) atoms. The molecule has 0 saturated carbocycles. The Labute approximate surface area is 112 Å². The summed E-state index contributed by atoms with van der Waals surface area (Å²) >= 11 is 0. The number of primary sulfonamides is 1. The number of hydrogen-bond donors (Lipinski definition) is 2. The lowest BCUT2D eigenvalue weighted by Crippen LogP contribution is -2.39. The molecule has 1 aromatic rings. The molecule has 8 nitrogen and oxygen atoms in total. The van der Waals surface area contributed by atoms with Gasteiger partial charge >= 0.3 is 0 Å². The van der Waals surface area contributed by atoms with Gasteiger partial charge in [-0.15, -0.1) is 0 Å². The van der Waals surface area contributed by atoms with Crippen molar-refractivity contribution in [1.82, 2.24) is 20.1 Å². The number of nitrogens with zero attached hydrogens (tertiary/aromatic N) is 3. The summed E-state index contributed by atoms with van der Waals surface area (Å²) in [5.41, 5.74) is 0. The summed E-state index contributed by atoms with van der Waals surface area (Å²) in [6, 6.07) is 0. The Bertz CT molecular complexity index is 515. The summed E-state index contributed by atoms with van der Waals surface area (Å²) in [4.78, 5) is 6.40. The van der Waals surface area contributed by atoms with Crippen LogP contribution in [0.5, 0.6) is 0 Å². The van der Waals surface area contributed by atoms with Crippen LogP contribution in [-0.4, -0.2) is 60.5 Å². The summed E-state index contributed by atoms with van der Waals surface area (Å²) in [6.45, 7) is 4.56. The molecule has 1 aliphatic rings. The van der Waals surface area contributed by atoms with Crippen molar-refractivity contribution in [3.63, 3.8) is 0 Å². The van der Waals surface area contributed by atoms with Crippen LogP contribution in [0.3, 0.4) is 0 Å². The Hall–Kier alpha value is -1.03. The van der Waals surface area contributed by atoms with Gasteiger partial charge in [0.05, 0.1) is 12.4 Å². The minimum absolute atomic E-state index is 0.00872. The summed E-state index contributed by atoms with van der Waals surface area (Å²) in [7, 11) is -3.37. The highest BCUT2D eigenvalue weighted by molar-refractivity contribution is 7.89. The highest BCUT2D eigenvalue weighted by Gasteiger charge is 2.24. The van der Waals surface area contributed by atoms with Gasteiger partial charge in [-0.25, -0.2) is 18.5 Å². The van der Waals surface area contributed by atoms with E-state index in [0.29, 0.717) is 31.9 Å². The maximum Gasteiger partial charge on any atom is 0.209 e. The van der Waals surface area contributed by atoms with Crippen molar-refractivity contribution in [3.05, 3.63) is 11.6 Å². The zero-order valence-corrected chi connectivity index (χ0v) is 11.7. The Morgan fingerprint density at radius 2 is 2.37 bits per heavy atom. The van der Waals surface area contributed by atoms with Gasteiger partial charge in [-0.05, 0) is 19.9 Å². The first-order valence-corrected chi connectivity index (χ1v) is 7.89. The second-order valence-electron chi connectivity index (χ2n) is 4.66. The zero-order valence-electron chi connectivity index (χ0n) is 10.9. The van der Waals surface area contributed by atoms with Crippen LogP contribution in [0, 0.1) is 6.92 Å². The summed E-state index contributed by atoms with van der Waals surface area (Å²) in [6.07, 6.45) is 0.367. The molecule has 1 atom stereocenters. The van der Waals surface area contributed by atoms with Gasteiger partial charge in [0.15, 0.2) is 5.82 Å². The van der Waals surface area contributed by atoms with Crippen molar-refractivity contribution >= 4 is 10.0 Å². The monoisotopic (exact) mass is 289 g/mol. The van der Waals surface area contributed by atoms with E-state index in [-0.39, 0.29) is 11.9 Å². The van der Waals surface area contributed by atoms with Gasteiger partial charge in [0.25, 0.3) is 0 Å². The lowest BCUT2D eigenvalue weighted by molar-refractivity contribution is -0.0340. The third kappa shape index (κ3) is 4.53. The normalized spacial score (nSPS) is 21.7. The summed E-state index contributed by atoms with van der Waals surface area (Å²) in [5, 5.41) is 11.9. The van der Waals surface area contributed by atoms with Crippen molar-refractivity contribution in [2.45, 2.75) is 19.4 Å². The largest absolute Gasteiger partial charge is 0.367 e. The third-order valence-corrected chi connectivity index (χ3v) is 3.81. The number of nitrogens with one attached hydrogen (secondary N) is 1. The predicted octanol–water partition coefficient (Wildman–Crippen LogP) is -0.835. The fraction of sp³-hybridized carbons (Fsp3) is 0.800. The van der Waals surface area contributed by atoms with Crippen molar-refractivity contribution < 1.29 is 13.2 Å². The molecule has 3 N–H and O–H groups in total. The Balaban J connectivity index is 1.84. The van der Waals surface area contributed by atoms with Gasteiger partial charge < -0.3 is 4.74 Å². The minimum atomic E-state index is -3.37. The van der Waals surface area contributed by atoms with Gasteiger partial charge in [-0.3, -0.25) is 10.00 Å².